The summed E-state index contributed by atoms with van der Waals surface area (Å²) in [6.07, 6.45) is 1.44. The maximum Gasteiger partial charge on any atom is 0.252 e. The Hall–Kier alpha value is -3.94. The van der Waals surface area contributed by atoms with Gasteiger partial charge in [0, 0.05) is 17.7 Å². The van der Waals surface area contributed by atoms with Crippen molar-refractivity contribution < 1.29 is 18.3 Å². The summed E-state index contributed by atoms with van der Waals surface area (Å²) in [4.78, 5) is 13.3. The van der Waals surface area contributed by atoms with Crippen LogP contribution in [0.3, 0.4) is 0 Å². The summed E-state index contributed by atoms with van der Waals surface area (Å²) in [6.45, 7) is 3.59. The second kappa shape index (κ2) is 9.91. The molecule has 0 saturated carbocycles. The van der Waals surface area contributed by atoms with E-state index in [0.29, 0.717) is 5.56 Å². The molecule has 0 radical (unpaired) electrons. The Balaban J connectivity index is 1.76. The van der Waals surface area contributed by atoms with Gasteiger partial charge in [-0.25, -0.2) is 13.1 Å². The van der Waals surface area contributed by atoms with Crippen LogP contribution in [0.2, 0.25) is 0 Å². The van der Waals surface area contributed by atoms with E-state index in [2.05, 4.69) is 16.6 Å². The second-order valence-corrected chi connectivity index (χ2v) is 9.47. The van der Waals surface area contributed by atoms with Crippen molar-refractivity contribution in [2.75, 3.05) is 6.54 Å². The molecule has 0 aliphatic carbocycles. The highest BCUT2D eigenvalue weighted by molar-refractivity contribution is 7.89. The molecule has 0 heterocycles. The number of rotatable bonds is 8. The van der Waals surface area contributed by atoms with Gasteiger partial charge in [-0.05, 0) is 40.6 Å². The van der Waals surface area contributed by atoms with Gasteiger partial charge in [-0.15, -0.1) is 6.58 Å². The van der Waals surface area contributed by atoms with E-state index in [1.165, 1.54) is 24.3 Å². The zero-order chi connectivity index (χ0) is 24.1. The molecule has 0 aliphatic rings. The predicted octanol–water partition coefficient (Wildman–Crippen LogP) is 4.53. The maximum atomic E-state index is 13.3. The fourth-order valence-electron chi connectivity index (χ4n) is 3.83. The third-order valence-corrected chi connectivity index (χ3v) is 6.89. The van der Waals surface area contributed by atoms with E-state index in [4.69, 9.17) is 0 Å². The number of nitrogens with one attached hydrogen (secondary N) is 2. The smallest absolute Gasteiger partial charge is 0.252 e. The number of hydrogen-bond acceptors (Lipinski definition) is 4. The van der Waals surface area contributed by atoms with Crippen molar-refractivity contribution in [2.45, 2.75) is 10.9 Å². The number of phenolic OH excluding ortho intramolecular Hbond substituents is 1. The van der Waals surface area contributed by atoms with Crippen LogP contribution in [-0.2, 0) is 10.0 Å². The number of fused-ring (bicyclic) bond motifs is 1. The van der Waals surface area contributed by atoms with Crippen LogP contribution in [0, 0.1) is 0 Å². The quantitative estimate of drug-likeness (QED) is 0.328. The average Bonchev–Trinajstić information content (AvgIpc) is 2.87. The number of benzene rings is 4. The molecule has 0 fully saturated rings. The summed E-state index contributed by atoms with van der Waals surface area (Å²) in [6, 6.07) is 25.5. The van der Waals surface area contributed by atoms with Gasteiger partial charge < -0.3 is 10.4 Å². The first kappa shape index (κ1) is 23.2. The van der Waals surface area contributed by atoms with Crippen molar-refractivity contribution in [1.82, 2.24) is 10.0 Å². The number of phenols is 1. The SMILES string of the molecule is C=CCNS(=O)(=O)c1cccc(C(=O)NC(c2ccccc2)c2c(O)ccc3ccccc23)c1. The van der Waals surface area contributed by atoms with Crippen molar-refractivity contribution in [2.24, 2.45) is 0 Å². The molecule has 0 aromatic heterocycles. The number of aromatic hydroxyl groups is 1. The first-order chi connectivity index (χ1) is 16.4. The Morgan fingerprint density at radius 3 is 2.44 bits per heavy atom. The number of amides is 1. The molecule has 1 atom stereocenters. The molecule has 7 heteroatoms. The highest BCUT2D eigenvalue weighted by Gasteiger charge is 2.24. The summed E-state index contributed by atoms with van der Waals surface area (Å²) in [7, 11) is -3.79. The summed E-state index contributed by atoms with van der Waals surface area (Å²) in [5.41, 5.74) is 1.52. The molecule has 1 unspecified atom stereocenters. The van der Waals surface area contributed by atoms with E-state index in [0.717, 1.165) is 16.3 Å². The Morgan fingerprint density at radius 2 is 1.68 bits per heavy atom. The first-order valence-electron chi connectivity index (χ1n) is 10.7. The standard InChI is InChI=1S/C27H24N2O4S/c1-2-17-28-34(32,33)22-13-8-12-21(18-22)27(31)29-26(20-10-4-3-5-11-20)25-23-14-7-6-9-19(23)15-16-24(25)30/h2-16,18,26,28,30H,1,17H2,(H,29,31). The van der Waals surface area contributed by atoms with Crippen LogP contribution in [0.25, 0.3) is 10.8 Å². The van der Waals surface area contributed by atoms with E-state index in [1.807, 2.05) is 60.7 Å². The fraction of sp³-hybridized carbons (Fsp3) is 0.0741. The van der Waals surface area contributed by atoms with Crippen LogP contribution < -0.4 is 10.0 Å². The summed E-state index contributed by atoms with van der Waals surface area (Å²) in [5, 5.41) is 15.5. The zero-order valence-corrected chi connectivity index (χ0v) is 19.1. The van der Waals surface area contributed by atoms with Crippen LogP contribution in [-0.4, -0.2) is 26.0 Å². The van der Waals surface area contributed by atoms with E-state index in [1.54, 1.807) is 12.1 Å². The molecular weight excluding hydrogens is 448 g/mol. The van der Waals surface area contributed by atoms with Crippen molar-refractivity contribution in [3.05, 3.63) is 120 Å². The first-order valence-corrected chi connectivity index (χ1v) is 12.2. The summed E-state index contributed by atoms with van der Waals surface area (Å²) >= 11 is 0. The van der Waals surface area contributed by atoms with E-state index < -0.39 is 22.0 Å². The lowest BCUT2D eigenvalue weighted by molar-refractivity contribution is 0.0942. The minimum absolute atomic E-state index is 0.0220. The van der Waals surface area contributed by atoms with Crippen molar-refractivity contribution in [3.8, 4) is 5.75 Å². The van der Waals surface area contributed by atoms with E-state index in [-0.39, 0.29) is 22.8 Å². The number of carbonyl (C=O) groups excluding carboxylic acids is 1. The molecular formula is C27H24N2O4S. The molecule has 0 bridgehead atoms. The Kier molecular flexibility index (Phi) is 6.77. The van der Waals surface area contributed by atoms with E-state index >= 15 is 0 Å². The number of carbonyl (C=O) groups is 1. The summed E-state index contributed by atoms with van der Waals surface area (Å²) in [5.74, 6) is -0.417. The zero-order valence-electron chi connectivity index (χ0n) is 18.3. The van der Waals surface area contributed by atoms with Gasteiger partial charge in [-0.1, -0.05) is 72.8 Å². The number of sulfonamides is 1. The molecule has 1 amide bonds. The summed E-state index contributed by atoms with van der Waals surface area (Å²) < 4.78 is 27.4. The Morgan fingerprint density at radius 1 is 0.941 bits per heavy atom. The van der Waals surface area contributed by atoms with Gasteiger partial charge >= 0.3 is 0 Å². The second-order valence-electron chi connectivity index (χ2n) is 7.71. The molecule has 0 spiro atoms. The molecule has 6 nitrogen and oxygen atoms in total. The van der Waals surface area contributed by atoms with Crippen molar-refractivity contribution >= 4 is 26.7 Å². The average molecular weight is 473 g/mol. The van der Waals surface area contributed by atoms with Gasteiger partial charge in [-0.3, -0.25) is 4.79 Å². The van der Waals surface area contributed by atoms with Gasteiger partial charge in [0.25, 0.3) is 5.91 Å². The van der Waals surface area contributed by atoms with Crippen molar-refractivity contribution in [1.29, 1.82) is 0 Å². The van der Waals surface area contributed by atoms with Gasteiger partial charge in [-0.2, -0.15) is 0 Å². The van der Waals surface area contributed by atoms with Crippen LogP contribution in [0.4, 0.5) is 0 Å². The van der Waals surface area contributed by atoms with Crippen LogP contribution in [0.1, 0.15) is 27.5 Å². The van der Waals surface area contributed by atoms with Crippen LogP contribution >= 0.6 is 0 Å². The third kappa shape index (κ3) is 4.85. The molecule has 0 aliphatic heterocycles. The molecule has 0 saturated heterocycles. The Bertz CT molecular complexity index is 1450. The van der Waals surface area contributed by atoms with E-state index in [9.17, 15) is 18.3 Å². The minimum atomic E-state index is -3.79. The third-order valence-electron chi connectivity index (χ3n) is 5.47. The van der Waals surface area contributed by atoms with Crippen LogP contribution in [0.5, 0.6) is 5.75 Å². The number of hydrogen-bond donors (Lipinski definition) is 3. The molecule has 172 valence electrons. The fourth-order valence-corrected chi connectivity index (χ4v) is 4.87. The minimum Gasteiger partial charge on any atom is -0.508 e. The largest absolute Gasteiger partial charge is 0.508 e. The van der Waals surface area contributed by atoms with Gasteiger partial charge in [0.15, 0.2) is 0 Å². The molecule has 3 N–H and O–H groups in total. The van der Waals surface area contributed by atoms with Gasteiger partial charge in [0.05, 0.1) is 10.9 Å². The Labute approximate surface area is 198 Å². The lowest BCUT2D eigenvalue weighted by Crippen LogP contribution is -2.30. The van der Waals surface area contributed by atoms with Crippen molar-refractivity contribution in [3.63, 3.8) is 0 Å². The topological polar surface area (TPSA) is 95.5 Å². The molecule has 4 aromatic carbocycles. The normalized spacial score (nSPS) is 12.2. The molecule has 4 aromatic rings. The molecule has 34 heavy (non-hydrogen) atoms. The van der Waals surface area contributed by atoms with Gasteiger partial charge in [0.1, 0.15) is 5.75 Å². The monoisotopic (exact) mass is 472 g/mol. The predicted molar refractivity (Wildman–Crippen MR) is 133 cm³/mol. The highest BCUT2D eigenvalue weighted by atomic mass is 32.2. The maximum absolute atomic E-state index is 13.3. The van der Waals surface area contributed by atoms with Gasteiger partial charge in [0.2, 0.25) is 10.0 Å². The lowest BCUT2D eigenvalue weighted by Gasteiger charge is -2.23. The highest BCUT2D eigenvalue weighted by Crippen LogP contribution is 2.36. The van der Waals surface area contributed by atoms with Crippen LogP contribution in [0.15, 0.2) is 109 Å². The lowest BCUT2D eigenvalue weighted by atomic mass is 9.92. The molecule has 4 rings (SSSR count).